The Morgan fingerprint density at radius 3 is 2.94 bits per heavy atom. The molecule has 1 rings (SSSR count). The molecule has 0 aliphatic carbocycles. The van der Waals surface area contributed by atoms with Crippen LogP contribution in [0.2, 0.25) is 0 Å². The summed E-state index contributed by atoms with van der Waals surface area (Å²) in [5, 5.41) is 9.90. The molecule has 1 heterocycles. The molecule has 18 heavy (non-hydrogen) atoms. The van der Waals surface area contributed by atoms with Crippen LogP contribution in [0.15, 0.2) is 12.2 Å². The standard InChI is InChI=1S/C14H27NO3/c1-4-15(8-12(2)3)9-13(16)10-17-11-14-6-5-7-18-14/h13-14,16H,2,4-11H2,1,3H3. The lowest BCUT2D eigenvalue weighted by molar-refractivity contribution is -0.0241. The van der Waals surface area contributed by atoms with Crippen molar-refractivity contribution in [3.63, 3.8) is 0 Å². The zero-order chi connectivity index (χ0) is 13.4. The van der Waals surface area contributed by atoms with Gasteiger partial charge in [-0.05, 0) is 26.3 Å². The molecule has 0 bridgehead atoms. The summed E-state index contributed by atoms with van der Waals surface area (Å²) in [5.41, 5.74) is 1.12. The van der Waals surface area contributed by atoms with Crippen LogP contribution in [0.3, 0.4) is 0 Å². The van der Waals surface area contributed by atoms with Gasteiger partial charge in [0.05, 0.1) is 25.4 Å². The van der Waals surface area contributed by atoms with Gasteiger partial charge in [-0.2, -0.15) is 0 Å². The van der Waals surface area contributed by atoms with Crippen LogP contribution in [0.4, 0.5) is 0 Å². The smallest absolute Gasteiger partial charge is 0.0900 e. The maximum atomic E-state index is 9.90. The fraction of sp³-hybridized carbons (Fsp3) is 0.857. The van der Waals surface area contributed by atoms with E-state index in [0.29, 0.717) is 19.8 Å². The number of aliphatic hydroxyl groups excluding tert-OH is 1. The van der Waals surface area contributed by atoms with Crippen LogP contribution in [-0.4, -0.2) is 61.7 Å². The summed E-state index contributed by atoms with van der Waals surface area (Å²) in [4.78, 5) is 2.17. The quantitative estimate of drug-likeness (QED) is 0.635. The van der Waals surface area contributed by atoms with Crippen LogP contribution in [0.1, 0.15) is 26.7 Å². The van der Waals surface area contributed by atoms with E-state index in [2.05, 4.69) is 18.4 Å². The Kier molecular flexibility index (Phi) is 7.51. The highest BCUT2D eigenvalue weighted by Gasteiger charge is 2.16. The van der Waals surface area contributed by atoms with E-state index in [1.807, 2.05) is 6.92 Å². The summed E-state index contributed by atoms with van der Waals surface area (Å²) < 4.78 is 11.0. The highest BCUT2D eigenvalue weighted by Crippen LogP contribution is 2.12. The van der Waals surface area contributed by atoms with Crippen molar-refractivity contribution in [1.29, 1.82) is 0 Å². The van der Waals surface area contributed by atoms with Gasteiger partial charge in [0.15, 0.2) is 0 Å². The molecule has 2 unspecified atom stereocenters. The Bertz CT molecular complexity index is 239. The van der Waals surface area contributed by atoms with Crippen LogP contribution in [0, 0.1) is 0 Å². The lowest BCUT2D eigenvalue weighted by Crippen LogP contribution is -2.36. The minimum atomic E-state index is -0.439. The normalized spacial score (nSPS) is 21.4. The molecule has 0 amide bonds. The van der Waals surface area contributed by atoms with Crippen LogP contribution in [0.25, 0.3) is 0 Å². The Morgan fingerprint density at radius 1 is 1.61 bits per heavy atom. The average Bonchev–Trinajstić information content (AvgIpc) is 2.80. The van der Waals surface area contributed by atoms with Gasteiger partial charge in [-0.25, -0.2) is 0 Å². The number of hydrogen-bond donors (Lipinski definition) is 1. The monoisotopic (exact) mass is 257 g/mol. The molecule has 1 aliphatic rings. The first-order valence-corrected chi connectivity index (χ1v) is 6.86. The lowest BCUT2D eigenvalue weighted by Gasteiger charge is -2.23. The molecule has 1 aliphatic heterocycles. The first-order valence-electron chi connectivity index (χ1n) is 6.86. The number of ether oxygens (including phenoxy) is 2. The summed E-state index contributed by atoms with van der Waals surface area (Å²) in [7, 11) is 0. The highest BCUT2D eigenvalue weighted by atomic mass is 16.5. The molecule has 0 saturated carbocycles. The Labute approximate surface area is 111 Å². The molecule has 0 aromatic carbocycles. The molecule has 0 aromatic rings. The maximum absolute atomic E-state index is 9.90. The van der Waals surface area contributed by atoms with Crippen molar-refractivity contribution in [3.8, 4) is 0 Å². The number of rotatable bonds is 9. The second-order valence-corrected chi connectivity index (χ2v) is 5.11. The minimum absolute atomic E-state index is 0.231. The first-order chi connectivity index (χ1) is 8.61. The zero-order valence-electron chi connectivity index (χ0n) is 11.7. The van der Waals surface area contributed by atoms with E-state index in [9.17, 15) is 5.11 Å². The van der Waals surface area contributed by atoms with Gasteiger partial charge in [0, 0.05) is 19.7 Å². The van der Waals surface area contributed by atoms with Crippen molar-refractivity contribution >= 4 is 0 Å². The fourth-order valence-electron chi connectivity index (χ4n) is 2.15. The lowest BCUT2D eigenvalue weighted by atomic mass is 10.2. The largest absolute Gasteiger partial charge is 0.389 e. The van der Waals surface area contributed by atoms with E-state index in [1.165, 1.54) is 0 Å². The van der Waals surface area contributed by atoms with Gasteiger partial charge >= 0.3 is 0 Å². The van der Waals surface area contributed by atoms with Crippen molar-refractivity contribution in [3.05, 3.63) is 12.2 Å². The number of aliphatic hydroxyl groups is 1. The van der Waals surface area contributed by atoms with Crippen molar-refractivity contribution in [1.82, 2.24) is 4.90 Å². The van der Waals surface area contributed by atoms with Crippen molar-refractivity contribution in [2.45, 2.75) is 38.9 Å². The molecule has 1 N–H and O–H groups in total. The van der Waals surface area contributed by atoms with Crippen LogP contribution >= 0.6 is 0 Å². The molecule has 1 fully saturated rings. The molecule has 0 aromatic heterocycles. The molecule has 2 atom stereocenters. The average molecular weight is 257 g/mol. The topological polar surface area (TPSA) is 41.9 Å². The second kappa shape index (κ2) is 8.64. The van der Waals surface area contributed by atoms with Gasteiger partial charge in [0.25, 0.3) is 0 Å². The summed E-state index contributed by atoms with van der Waals surface area (Å²) >= 11 is 0. The molecule has 4 nitrogen and oxygen atoms in total. The van der Waals surface area contributed by atoms with Crippen LogP contribution in [0.5, 0.6) is 0 Å². The van der Waals surface area contributed by atoms with Gasteiger partial charge in [-0.15, -0.1) is 0 Å². The van der Waals surface area contributed by atoms with Gasteiger partial charge in [-0.3, -0.25) is 4.90 Å². The molecule has 0 radical (unpaired) electrons. The van der Waals surface area contributed by atoms with Gasteiger partial charge in [0.1, 0.15) is 0 Å². The van der Waals surface area contributed by atoms with Crippen molar-refractivity contribution in [2.75, 3.05) is 39.5 Å². The Hall–Kier alpha value is -0.420. The SMILES string of the molecule is C=C(C)CN(CC)CC(O)COCC1CCCO1. The van der Waals surface area contributed by atoms with Gasteiger partial charge in [0.2, 0.25) is 0 Å². The number of hydrogen-bond acceptors (Lipinski definition) is 4. The maximum Gasteiger partial charge on any atom is 0.0900 e. The third-order valence-electron chi connectivity index (χ3n) is 3.05. The summed E-state index contributed by atoms with van der Waals surface area (Å²) in [6, 6.07) is 0. The van der Waals surface area contributed by atoms with E-state index < -0.39 is 6.10 Å². The summed E-state index contributed by atoms with van der Waals surface area (Å²) in [5.74, 6) is 0. The Balaban J connectivity index is 2.10. The van der Waals surface area contributed by atoms with Gasteiger partial charge in [-0.1, -0.05) is 19.1 Å². The molecule has 4 heteroatoms. The highest BCUT2D eigenvalue weighted by molar-refractivity contribution is 4.91. The number of likely N-dealkylation sites (N-methyl/N-ethyl adjacent to an activating group) is 1. The van der Waals surface area contributed by atoms with Crippen molar-refractivity contribution in [2.24, 2.45) is 0 Å². The van der Waals surface area contributed by atoms with E-state index in [-0.39, 0.29) is 6.10 Å². The third kappa shape index (κ3) is 6.50. The molecule has 1 saturated heterocycles. The van der Waals surface area contributed by atoms with E-state index in [0.717, 1.165) is 38.1 Å². The second-order valence-electron chi connectivity index (χ2n) is 5.11. The van der Waals surface area contributed by atoms with Crippen LogP contribution < -0.4 is 0 Å². The minimum Gasteiger partial charge on any atom is -0.389 e. The van der Waals surface area contributed by atoms with E-state index >= 15 is 0 Å². The fourth-order valence-corrected chi connectivity index (χ4v) is 2.15. The van der Waals surface area contributed by atoms with Crippen molar-refractivity contribution < 1.29 is 14.6 Å². The predicted octanol–water partition coefficient (Wildman–Crippen LogP) is 1.44. The van der Waals surface area contributed by atoms with Crippen LogP contribution in [-0.2, 0) is 9.47 Å². The van der Waals surface area contributed by atoms with E-state index in [4.69, 9.17) is 9.47 Å². The molecular formula is C14H27NO3. The first kappa shape index (κ1) is 15.6. The molecule has 106 valence electrons. The van der Waals surface area contributed by atoms with Gasteiger partial charge < -0.3 is 14.6 Å². The van der Waals surface area contributed by atoms with E-state index in [1.54, 1.807) is 0 Å². The zero-order valence-corrected chi connectivity index (χ0v) is 11.7. The summed E-state index contributed by atoms with van der Waals surface area (Å²) in [6.45, 7) is 12.2. The third-order valence-corrected chi connectivity index (χ3v) is 3.05. The number of nitrogens with zero attached hydrogens (tertiary/aromatic N) is 1. The molecule has 0 spiro atoms. The summed E-state index contributed by atoms with van der Waals surface area (Å²) in [6.07, 6.45) is 1.99. The predicted molar refractivity (Wildman–Crippen MR) is 72.7 cm³/mol. The Morgan fingerprint density at radius 2 is 2.39 bits per heavy atom. The molecular weight excluding hydrogens is 230 g/mol.